The summed E-state index contributed by atoms with van der Waals surface area (Å²) in [5.74, 6) is -0.0587. The minimum absolute atomic E-state index is 0.0587. The van der Waals surface area contributed by atoms with Crippen LogP contribution in [0.4, 0.5) is 5.69 Å². The molecule has 1 aromatic rings. The Kier molecular flexibility index (Phi) is 6.11. The van der Waals surface area contributed by atoms with Crippen molar-refractivity contribution in [2.45, 2.75) is 45.7 Å². The van der Waals surface area contributed by atoms with Gasteiger partial charge in [0.25, 0.3) is 5.69 Å². The minimum Gasteiger partial charge on any atom is -0.352 e. The maximum absolute atomic E-state index is 11.6. The Labute approximate surface area is 118 Å². The van der Waals surface area contributed by atoms with Crippen LogP contribution in [0.5, 0.6) is 0 Å². The van der Waals surface area contributed by atoms with Gasteiger partial charge in [0.1, 0.15) is 0 Å². The molecule has 0 aromatic heterocycles. The molecular formula is C14H21N3O3. The van der Waals surface area contributed by atoms with Gasteiger partial charge in [-0.1, -0.05) is 12.1 Å². The fourth-order valence-corrected chi connectivity index (χ4v) is 1.93. The number of nitro groups is 1. The van der Waals surface area contributed by atoms with Crippen LogP contribution in [0, 0.1) is 17.0 Å². The largest absolute Gasteiger partial charge is 0.352 e. The molecule has 0 spiro atoms. The Hall–Kier alpha value is -1.95. The predicted molar refractivity (Wildman–Crippen MR) is 77.2 cm³/mol. The molecule has 1 aromatic carbocycles. The van der Waals surface area contributed by atoms with Gasteiger partial charge >= 0.3 is 0 Å². The van der Waals surface area contributed by atoms with E-state index in [-0.39, 0.29) is 17.6 Å². The summed E-state index contributed by atoms with van der Waals surface area (Å²) < 4.78 is 0. The molecule has 110 valence electrons. The van der Waals surface area contributed by atoms with Crippen LogP contribution in [0.25, 0.3) is 0 Å². The van der Waals surface area contributed by atoms with Gasteiger partial charge in [0, 0.05) is 30.6 Å². The van der Waals surface area contributed by atoms with Gasteiger partial charge in [0.2, 0.25) is 5.91 Å². The molecule has 3 N–H and O–H groups in total. The van der Waals surface area contributed by atoms with Crippen LogP contribution in [-0.4, -0.2) is 16.9 Å². The summed E-state index contributed by atoms with van der Waals surface area (Å²) in [6.45, 7) is 3.91. The Balaban J connectivity index is 2.51. The van der Waals surface area contributed by atoms with Gasteiger partial charge in [0.05, 0.1) is 4.92 Å². The number of benzene rings is 1. The molecule has 1 rings (SSSR count). The molecule has 6 heteroatoms. The minimum atomic E-state index is -0.413. The van der Waals surface area contributed by atoms with Crippen LogP contribution < -0.4 is 11.1 Å². The lowest BCUT2D eigenvalue weighted by molar-refractivity contribution is -0.385. The zero-order chi connectivity index (χ0) is 15.1. The van der Waals surface area contributed by atoms with E-state index in [0.29, 0.717) is 18.5 Å². The normalized spacial score (nSPS) is 11.9. The van der Waals surface area contributed by atoms with Gasteiger partial charge in [-0.15, -0.1) is 0 Å². The van der Waals surface area contributed by atoms with Gasteiger partial charge in [-0.3, -0.25) is 14.9 Å². The van der Waals surface area contributed by atoms with Crippen LogP contribution in [0.15, 0.2) is 18.2 Å². The lowest BCUT2D eigenvalue weighted by Crippen LogP contribution is -2.24. The first-order valence-electron chi connectivity index (χ1n) is 6.67. The van der Waals surface area contributed by atoms with Gasteiger partial charge in [0.15, 0.2) is 0 Å². The number of hydrogen-bond acceptors (Lipinski definition) is 4. The first kappa shape index (κ1) is 16.1. The topological polar surface area (TPSA) is 98.3 Å². The van der Waals surface area contributed by atoms with Crippen molar-refractivity contribution in [3.05, 3.63) is 39.4 Å². The van der Waals surface area contributed by atoms with Gasteiger partial charge in [-0.2, -0.15) is 0 Å². The average molecular weight is 279 g/mol. The molecule has 1 atom stereocenters. The van der Waals surface area contributed by atoms with Crippen molar-refractivity contribution in [3.8, 4) is 0 Å². The summed E-state index contributed by atoms with van der Waals surface area (Å²) in [7, 11) is 0. The highest BCUT2D eigenvalue weighted by molar-refractivity contribution is 5.75. The van der Waals surface area contributed by atoms with Crippen LogP contribution >= 0.6 is 0 Å². The summed E-state index contributed by atoms with van der Waals surface area (Å²) in [5, 5.41) is 13.6. The Morgan fingerprint density at radius 2 is 2.20 bits per heavy atom. The molecule has 0 aliphatic heterocycles. The maximum atomic E-state index is 11.6. The third kappa shape index (κ3) is 4.97. The van der Waals surface area contributed by atoms with Gasteiger partial charge in [-0.25, -0.2) is 0 Å². The number of nitro benzene ring substituents is 1. The highest BCUT2D eigenvalue weighted by Gasteiger charge is 2.13. The van der Waals surface area contributed by atoms with Crippen LogP contribution in [-0.2, 0) is 11.3 Å². The SMILES string of the molecule is Cc1c(CNC(=O)CCCC(C)N)cccc1[N+](=O)[O-]. The Morgan fingerprint density at radius 3 is 2.80 bits per heavy atom. The highest BCUT2D eigenvalue weighted by Crippen LogP contribution is 2.20. The van der Waals surface area contributed by atoms with Crippen molar-refractivity contribution in [2.75, 3.05) is 0 Å². The summed E-state index contributed by atoms with van der Waals surface area (Å²) in [6, 6.07) is 4.97. The van der Waals surface area contributed by atoms with E-state index in [1.54, 1.807) is 19.1 Å². The van der Waals surface area contributed by atoms with E-state index >= 15 is 0 Å². The lowest BCUT2D eigenvalue weighted by Gasteiger charge is -2.09. The summed E-state index contributed by atoms with van der Waals surface area (Å²) in [4.78, 5) is 22.1. The molecule has 0 fully saturated rings. The molecule has 0 aliphatic rings. The molecule has 0 aliphatic carbocycles. The van der Waals surface area contributed by atoms with E-state index in [4.69, 9.17) is 5.73 Å². The molecule has 6 nitrogen and oxygen atoms in total. The number of rotatable bonds is 7. The molecule has 0 saturated heterocycles. The van der Waals surface area contributed by atoms with Crippen molar-refractivity contribution in [3.63, 3.8) is 0 Å². The third-order valence-corrected chi connectivity index (χ3v) is 3.15. The van der Waals surface area contributed by atoms with Crippen LogP contribution in [0.2, 0.25) is 0 Å². The van der Waals surface area contributed by atoms with Crippen molar-refractivity contribution in [1.82, 2.24) is 5.32 Å². The molecule has 0 bridgehead atoms. The van der Waals surface area contributed by atoms with E-state index in [9.17, 15) is 14.9 Å². The number of amides is 1. The number of carbonyl (C=O) groups is 1. The number of nitrogens with zero attached hydrogens (tertiary/aromatic N) is 1. The zero-order valence-electron chi connectivity index (χ0n) is 11.9. The smallest absolute Gasteiger partial charge is 0.272 e. The molecule has 0 saturated carbocycles. The fraction of sp³-hybridized carbons (Fsp3) is 0.500. The second-order valence-corrected chi connectivity index (χ2v) is 4.96. The van der Waals surface area contributed by atoms with Gasteiger partial charge in [-0.05, 0) is 32.3 Å². The quantitative estimate of drug-likeness (QED) is 0.589. The predicted octanol–water partition coefficient (Wildman–Crippen LogP) is 2.04. The van der Waals surface area contributed by atoms with E-state index < -0.39 is 4.92 Å². The van der Waals surface area contributed by atoms with E-state index in [1.165, 1.54) is 6.07 Å². The molecule has 1 amide bonds. The molecular weight excluding hydrogens is 258 g/mol. The number of hydrogen-bond donors (Lipinski definition) is 2. The Morgan fingerprint density at radius 1 is 1.50 bits per heavy atom. The summed E-state index contributed by atoms with van der Waals surface area (Å²) in [5.41, 5.74) is 7.05. The number of nitrogens with two attached hydrogens (primary N) is 1. The number of carbonyl (C=O) groups excluding carboxylic acids is 1. The second kappa shape index (κ2) is 7.59. The van der Waals surface area contributed by atoms with Crippen LogP contribution in [0.1, 0.15) is 37.3 Å². The fourth-order valence-electron chi connectivity index (χ4n) is 1.93. The molecule has 0 radical (unpaired) electrons. The Bertz CT molecular complexity index is 487. The van der Waals surface area contributed by atoms with Crippen LogP contribution in [0.3, 0.4) is 0 Å². The van der Waals surface area contributed by atoms with E-state index in [0.717, 1.165) is 18.4 Å². The molecule has 20 heavy (non-hydrogen) atoms. The third-order valence-electron chi connectivity index (χ3n) is 3.15. The molecule has 0 heterocycles. The zero-order valence-corrected chi connectivity index (χ0v) is 11.9. The summed E-state index contributed by atoms with van der Waals surface area (Å²) >= 11 is 0. The van der Waals surface area contributed by atoms with Crippen molar-refractivity contribution in [1.29, 1.82) is 0 Å². The first-order chi connectivity index (χ1) is 9.41. The lowest BCUT2D eigenvalue weighted by atomic mass is 10.1. The highest BCUT2D eigenvalue weighted by atomic mass is 16.6. The van der Waals surface area contributed by atoms with E-state index in [1.807, 2.05) is 6.92 Å². The van der Waals surface area contributed by atoms with Crippen molar-refractivity contribution in [2.24, 2.45) is 5.73 Å². The van der Waals surface area contributed by atoms with E-state index in [2.05, 4.69) is 5.32 Å². The first-order valence-corrected chi connectivity index (χ1v) is 6.67. The maximum Gasteiger partial charge on any atom is 0.272 e. The standard InChI is InChI=1S/C14H21N3O3/c1-10(15)5-3-8-14(18)16-9-12-6-4-7-13(11(12)2)17(19)20/h4,6-7,10H,3,5,8-9,15H2,1-2H3,(H,16,18). The van der Waals surface area contributed by atoms with Crippen molar-refractivity contribution >= 4 is 11.6 Å². The summed E-state index contributed by atoms with van der Waals surface area (Å²) in [6.07, 6.45) is 1.98. The number of nitrogens with one attached hydrogen (secondary N) is 1. The second-order valence-electron chi connectivity index (χ2n) is 4.96. The van der Waals surface area contributed by atoms with Gasteiger partial charge < -0.3 is 11.1 Å². The van der Waals surface area contributed by atoms with Crippen molar-refractivity contribution < 1.29 is 9.72 Å². The molecule has 1 unspecified atom stereocenters. The monoisotopic (exact) mass is 279 g/mol. The average Bonchev–Trinajstić information content (AvgIpc) is 2.36.